The van der Waals surface area contributed by atoms with Gasteiger partial charge in [0.2, 0.25) is 5.91 Å². The normalized spacial score (nSPS) is 18.4. The number of aromatic nitrogens is 2. The van der Waals surface area contributed by atoms with Crippen LogP contribution in [0, 0.1) is 0 Å². The number of hydrogen-bond donors (Lipinski definition) is 2. The summed E-state index contributed by atoms with van der Waals surface area (Å²) < 4.78 is 1.51. The van der Waals surface area contributed by atoms with Crippen LogP contribution in [0.5, 0.6) is 0 Å². The van der Waals surface area contributed by atoms with E-state index < -0.39 is 0 Å². The van der Waals surface area contributed by atoms with Crippen molar-refractivity contribution in [2.24, 2.45) is 0 Å². The number of pyridine rings is 1. The number of nitrogens with zero attached hydrogens (tertiary/aromatic N) is 2. The third-order valence-corrected chi connectivity index (χ3v) is 3.41. The van der Waals surface area contributed by atoms with Crippen LogP contribution in [-0.4, -0.2) is 27.9 Å². The summed E-state index contributed by atoms with van der Waals surface area (Å²) in [5, 5.41) is 6.12. The summed E-state index contributed by atoms with van der Waals surface area (Å²) in [6, 6.07) is 7.18. The smallest absolute Gasteiger partial charge is 0.258 e. The van der Waals surface area contributed by atoms with Gasteiger partial charge < -0.3 is 10.6 Å². The SMILES string of the molecule is O=C1CC[C@H](CNCc2cc(=O)n3ccccc3n2)N1. The van der Waals surface area contributed by atoms with Crippen LogP contribution < -0.4 is 16.2 Å². The molecule has 0 unspecified atom stereocenters. The summed E-state index contributed by atoms with van der Waals surface area (Å²) in [6.07, 6.45) is 3.16. The first kappa shape index (κ1) is 12.8. The fourth-order valence-electron chi connectivity index (χ4n) is 2.40. The minimum absolute atomic E-state index is 0.0819. The lowest BCUT2D eigenvalue weighted by Gasteiger charge is -2.11. The second-order valence-corrected chi connectivity index (χ2v) is 4.95. The van der Waals surface area contributed by atoms with E-state index in [4.69, 9.17) is 0 Å². The molecule has 1 aliphatic heterocycles. The molecule has 2 N–H and O–H groups in total. The Morgan fingerprint density at radius 2 is 2.30 bits per heavy atom. The van der Waals surface area contributed by atoms with Gasteiger partial charge in [0.15, 0.2) is 0 Å². The van der Waals surface area contributed by atoms with Gasteiger partial charge in [-0.15, -0.1) is 0 Å². The van der Waals surface area contributed by atoms with Crippen molar-refractivity contribution in [3.63, 3.8) is 0 Å². The molecule has 0 aliphatic carbocycles. The number of hydrogen-bond acceptors (Lipinski definition) is 4. The van der Waals surface area contributed by atoms with Gasteiger partial charge in [-0.1, -0.05) is 6.07 Å². The Labute approximate surface area is 115 Å². The Bertz CT molecular complexity index is 695. The van der Waals surface area contributed by atoms with E-state index in [1.54, 1.807) is 12.3 Å². The highest BCUT2D eigenvalue weighted by Gasteiger charge is 2.19. The molecule has 0 saturated carbocycles. The molecule has 1 aliphatic rings. The predicted molar refractivity (Wildman–Crippen MR) is 74.3 cm³/mol. The molecule has 104 valence electrons. The average molecular weight is 272 g/mol. The Balaban J connectivity index is 1.66. The molecule has 1 saturated heterocycles. The van der Waals surface area contributed by atoms with Crippen LogP contribution in [0.3, 0.4) is 0 Å². The van der Waals surface area contributed by atoms with Gasteiger partial charge in [0.05, 0.1) is 5.69 Å². The summed E-state index contributed by atoms with van der Waals surface area (Å²) in [6.45, 7) is 1.22. The van der Waals surface area contributed by atoms with Crippen molar-refractivity contribution in [3.05, 3.63) is 46.5 Å². The Morgan fingerprint density at radius 1 is 1.40 bits per heavy atom. The first-order valence-corrected chi connectivity index (χ1v) is 6.70. The zero-order valence-electron chi connectivity index (χ0n) is 11.0. The van der Waals surface area contributed by atoms with E-state index in [-0.39, 0.29) is 17.5 Å². The fourth-order valence-corrected chi connectivity index (χ4v) is 2.40. The van der Waals surface area contributed by atoms with Crippen LogP contribution in [0.25, 0.3) is 5.65 Å². The second-order valence-electron chi connectivity index (χ2n) is 4.95. The monoisotopic (exact) mass is 272 g/mol. The van der Waals surface area contributed by atoms with Gasteiger partial charge in [0.25, 0.3) is 5.56 Å². The van der Waals surface area contributed by atoms with Crippen molar-refractivity contribution >= 4 is 11.6 Å². The Morgan fingerprint density at radius 3 is 3.10 bits per heavy atom. The van der Waals surface area contributed by atoms with Crippen molar-refractivity contribution < 1.29 is 4.79 Å². The van der Waals surface area contributed by atoms with E-state index >= 15 is 0 Å². The summed E-state index contributed by atoms with van der Waals surface area (Å²) in [5.41, 5.74) is 1.28. The van der Waals surface area contributed by atoms with Gasteiger partial charge in [-0.3, -0.25) is 14.0 Å². The van der Waals surface area contributed by atoms with Crippen molar-refractivity contribution in [1.29, 1.82) is 0 Å². The highest BCUT2D eigenvalue weighted by Crippen LogP contribution is 2.05. The standard InChI is InChI=1S/C14H16N4O2/c19-13-5-4-10(17-13)8-15-9-11-7-14(20)18-6-2-1-3-12(18)16-11/h1-3,6-7,10,15H,4-5,8-9H2,(H,17,19)/t10-/m1/s1. The van der Waals surface area contributed by atoms with Crippen LogP contribution >= 0.6 is 0 Å². The molecule has 1 atom stereocenters. The molecule has 20 heavy (non-hydrogen) atoms. The molecular weight excluding hydrogens is 256 g/mol. The van der Waals surface area contributed by atoms with Gasteiger partial charge in [-0.25, -0.2) is 4.98 Å². The van der Waals surface area contributed by atoms with Crippen LogP contribution in [0.15, 0.2) is 35.3 Å². The first-order chi connectivity index (χ1) is 9.72. The molecule has 1 fully saturated rings. The van der Waals surface area contributed by atoms with Crippen molar-refractivity contribution in [3.8, 4) is 0 Å². The van der Waals surface area contributed by atoms with E-state index in [0.717, 1.165) is 6.42 Å². The number of carbonyl (C=O) groups is 1. The van der Waals surface area contributed by atoms with Crippen molar-refractivity contribution in [2.45, 2.75) is 25.4 Å². The third kappa shape index (κ3) is 2.70. The Kier molecular flexibility index (Phi) is 3.47. The third-order valence-electron chi connectivity index (χ3n) is 3.41. The molecule has 6 nitrogen and oxygen atoms in total. The van der Waals surface area contributed by atoms with E-state index in [1.165, 1.54) is 10.5 Å². The number of amides is 1. The Hall–Kier alpha value is -2.21. The number of fused-ring (bicyclic) bond motifs is 1. The molecule has 6 heteroatoms. The molecule has 0 bridgehead atoms. The number of rotatable bonds is 4. The van der Waals surface area contributed by atoms with Crippen LogP contribution in [0.1, 0.15) is 18.5 Å². The van der Waals surface area contributed by atoms with Gasteiger partial charge in [-0.05, 0) is 18.6 Å². The topological polar surface area (TPSA) is 75.5 Å². The lowest BCUT2D eigenvalue weighted by Crippen LogP contribution is -2.35. The lowest BCUT2D eigenvalue weighted by molar-refractivity contribution is -0.119. The molecule has 2 aromatic rings. The minimum Gasteiger partial charge on any atom is -0.352 e. The molecule has 1 amide bonds. The zero-order valence-corrected chi connectivity index (χ0v) is 11.0. The van der Waals surface area contributed by atoms with Gasteiger partial charge in [-0.2, -0.15) is 0 Å². The number of carbonyl (C=O) groups excluding carboxylic acids is 1. The van der Waals surface area contributed by atoms with E-state index in [0.29, 0.717) is 30.9 Å². The summed E-state index contributed by atoms with van der Waals surface area (Å²) in [5.74, 6) is 0.110. The summed E-state index contributed by atoms with van der Waals surface area (Å²) in [4.78, 5) is 27.4. The number of nitrogens with one attached hydrogen (secondary N) is 2. The highest BCUT2D eigenvalue weighted by molar-refractivity contribution is 5.78. The van der Waals surface area contributed by atoms with Crippen LogP contribution in [0.4, 0.5) is 0 Å². The maximum Gasteiger partial charge on any atom is 0.258 e. The van der Waals surface area contributed by atoms with E-state index in [9.17, 15) is 9.59 Å². The first-order valence-electron chi connectivity index (χ1n) is 6.70. The summed E-state index contributed by atoms with van der Waals surface area (Å²) >= 11 is 0. The second kappa shape index (κ2) is 5.42. The molecule has 0 spiro atoms. The maximum atomic E-state index is 11.9. The minimum atomic E-state index is -0.0819. The molecular formula is C14H16N4O2. The van der Waals surface area contributed by atoms with Crippen molar-refractivity contribution in [1.82, 2.24) is 20.0 Å². The maximum absolute atomic E-state index is 11.9. The van der Waals surface area contributed by atoms with E-state index in [1.807, 2.05) is 12.1 Å². The quantitative estimate of drug-likeness (QED) is 0.825. The van der Waals surface area contributed by atoms with Crippen LogP contribution in [0.2, 0.25) is 0 Å². The highest BCUT2D eigenvalue weighted by atomic mass is 16.2. The van der Waals surface area contributed by atoms with E-state index in [2.05, 4.69) is 15.6 Å². The average Bonchev–Trinajstić information content (AvgIpc) is 2.85. The van der Waals surface area contributed by atoms with Crippen LogP contribution in [-0.2, 0) is 11.3 Å². The van der Waals surface area contributed by atoms with Gasteiger partial charge in [0.1, 0.15) is 5.65 Å². The molecule has 2 aromatic heterocycles. The fraction of sp³-hybridized carbons (Fsp3) is 0.357. The summed E-state index contributed by atoms with van der Waals surface area (Å²) in [7, 11) is 0. The lowest BCUT2D eigenvalue weighted by atomic mass is 10.2. The molecule has 3 rings (SSSR count). The molecule has 0 aromatic carbocycles. The van der Waals surface area contributed by atoms with Crippen molar-refractivity contribution in [2.75, 3.05) is 6.54 Å². The zero-order chi connectivity index (χ0) is 13.9. The largest absolute Gasteiger partial charge is 0.352 e. The predicted octanol–water partition coefficient (Wildman–Crippen LogP) is 0.0627. The molecule has 3 heterocycles. The van der Waals surface area contributed by atoms with Gasteiger partial charge >= 0.3 is 0 Å². The van der Waals surface area contributed by atoms with Gasteiger partial charge in [0, 0.05) is 37.8 Å². The molecule has 0 radical (unpaired) electrons.